The molecule has 0 bridgehead atoms. The molecular weight excluding hydrogens is 298 g/mol. The van der Waals surface area contributed by atoms with Crippen LogP contribution < -0.4 is 0 Å². The summed E-state index contributed by atoms with van der Waals surface area (Å²) >= 11 is 0. The van der Waals surface area contributed by atoms with Crippen LogP contribution in [-0.2, 0) is 20.9 Å². The molecule has 1 saturated carbocycles. The van der Waals surface area contributed by atoms with E-state index in [1.54, 1.807) is 0 Å². The maximum atomic E-state index is 12.4. The van der Waals surface area contributed by atoms with Crippen molar-refractivity contribution in [3.63, 3.8) is 0 Å². The predicted octanol–water partition coefficient (Wildman–Crippen LogP) is 1.57. The van der Waals surface area contributed by atoms with Crippen molar-refractivity contribution >= 4 is 12.1 Å². The fourth-order valence-electron chi connectivity index (χ4n) is 3.73. The molecule has 2 fully saturated rings. The lowest BCUT2D eigenvalue weighted by molar-refractivity contribution is -0.146. The maximum Gasteiger partial charge on any atom is 0.410 e. The van der Waals surface area contributed by atoms with E-state index in [-0.39, 0.29) is 18.4 Å². The van der Waals surface area contributed by atoms with Crippen molar-refractivity contribution in [1.82, 2.24) is 4.90 Å². The van der Waals surface area contributed by atoms with Crippen molar-refractivity contribution in [1.29, 1.82) is 0 Å². The molecule has 2 aliphatic rings. The van der Waals surface area contributed by atoms with Gasteiger partial charge in [-0.25, -0.2) is 9.59 Å². The third kappa shape index (κ3) is 3.17. The molecule has 1 aromatic carbocycles. The van der Waals surface area contributed by atoms with Crippen LogP contribution in [0, 0.1) is 11.8 Å². The molecule has 1 aromatic rings. The van der Waals surface area contributed by atoms with Gasteiger partial charge >= 0.3 is 12.1 Å². The standard InChI is InChI=1S/C17H21NO5/c1-22-16(20)15-14-8-13(19)7-12(14)9-18(15)17(21)23-10-11-5-3-2-4-6-11/h2-6,12-15,19H,7-10H2,1H3/t12-,13-,14-,15-/m0/s1. The van der Waals surface area contributed by atoms with Crippen molar-refractivity contribution in [3.8, 4) is 0 Å². The molecule has 1 N–H and O–H groups in total. The summed E-state index contributed by atoms with van der Waals surface area (Å²) in [7, 11) is 1.31. The minimum absolute atomic E-state index is 0.0540. The molecule has 1 saturated heterocycles. The number of nitrogens with zero attached hydrogens (tertiary/aromatic N) is 1. The van der Waals surface area contributed by atoms with Crippen molar-refractivity contribution in [2.24, 2.45) is 11.8 Å². The summed E-state index contributed by atoms with van der Waals surface area (Å²) in [5, 5.41) is 9.80. The highest BCUT2D eigenvalue weighted by molar-refractivity contribution is 5.82. The molecule has 6 nitrogen and oxygen atoms in total. The highest BCUT2D eigenvalue weighted by atomic mass is 16.6. The van der Waals surface area contributed by atoms with E-state index in [2.05, 4.69) is 0 Å². The molecule has 1 heterocycles. The first kappa shape index (κ1) is 15.8. The van der Waals surface area contributed by atoms with E-state index in [4.69, 9.17) is 9.47 Å². The van der Waals surface area contributed by atoms with Gasteiger partial charge in [0.15, 0.2) is 0 Å². The van der Waals surface area contributed by atoms with Gasteiger partial charge in [-0.15, -0.1) is 0 Å². The van der Waals surface area contributed by atoms with Crippen LogP contribution in [0.1, 0.15) is 18.4 Å². The lowest BCUT2D eigenvalue weighted by atomic mass is 9.94. The predicted molar refractivity (Wildman–Crippen MR) is 81.4 cm³/mol. The first-order chi connectivity index (χ1) is 11.1. The number of fused-ring (bicyclic) bond motifs is 1. The second kappa shape index (κ2) is 6.58. The van der Waals surface area contributed by atoms with Crippen LogP contribution in [0.15, 0.2) is 30.3 Å². The van der Waals surface area contributed by atoms with E-state index < -0.39 is 24.2 Å². The number of carbonyl (C=O) groups excluding carboxylic acids is 2. The summed E-state index contributed by atoms with van der Waals surface area (Å²) in [5.74, 6) is -0.372. The fourth-order valence-corrected chi connectivity index (χ4v) is 3.73. The summed E-state index contributed by atoms with van der Waals surface area (Å²) in [4.78, 5) is 25.9. The quantitative estimate of drug-likeness (QED) is 0.856. The fraction of sp³-hybridized carbons (Fsp3) is 0.529. The molecule has 124 valence electrons. The van der Waals surface area contributed by atoms with Gasteiger partial charge < -0.3 is 14.6 Å². The average Bonchev–Trinajstić information content (AvgIpc) is 3.08. The smallest absolute Gasteiger partial charge is 0.410 e. The Hall–Kier alpha value is -2.08. The van der Waals surface area contributed by atoms with E-state index in [0.717, 1.165) is 5.56 Å². The zero-order valence-corrected chi connectivity index (χ0v) is 13.1. The highest BCUT2D eigenvalue weighted by Crippen LogP contribution is 2.43. The Morgan fingerprint density at radius 2 is 2.00 bits per heavy atom. The van der Waals surface area contributed by atoms with E-state index >= 15 is 0 Å². The molecule has 23 heavy (non-hydrogen) atoms. The van der Waals surface area contributed by atoms with E-state index in [1.165, 1.54) is 12.0 Å². The molecule has 1 amide bonds. The van der Waals surface area contributed by atoms with Crippen LogP contribution in [0.4, 0.5) is 4.79 Å². The number of aliphatic hydroxyl groups is 1. The third-order valence-corrected chi connectivity index (χ3v) is 4.78. The summed E-state index contributed by atoms with van der Waals surface area (Å²) in [5.41, 5.74) is 0.894. The number of esters is 1. The topological polar surface area (TPSA) is 76.1 Å². The minimum atomic E-state index is -0.662. The molecule has 0 radical (unpaired) electrons. The number of hydrogen-bond acceptors (Lipinski definition) is 5. The summed E-state index contributed by atoms with van der Waals surface area (Å²) in [6.07, 6.45) is 0.223. The monoisotopic (exact) mass is 319 g/mol. The molecular formula is C17H21NO5. The van der Waals surface area contributed by atoms with Gasteiger partial charge in [-0.2, -0.15) is 0 Å². The van der Waals surface area contributed by atoms with Crippen LogP contribution in [-0.4, -0.2) is 47.9 Å². The largest absolute Gasteiger partial charge is 0.467 e. The van der Waals surface area contributed by atoms with Gasteiger partial charge in [0.25, 0.3) is 0 Å². The lowest BCUT2D eigenvalue weighted by Crippen LogP contribution is -2.44. The van der Waals surface area contributed by atoms with E-state index in [9.17, 15) is 14.7 Å². The number of likely N-dealkylation sites (tertiary alicyclic amines) is 1. The minimum Gasteiger partial charge on any atom is -0.467 e. The SMILES string of the molecule is COC(=O)[C@@H]1[C@H]2C[C@@H](O)C[C@H]2CN1C(=O)OCc1ccccc1. The second-order valence-corrected chi connectivity index (χ2v) is 6.21. The van der Waals surface area contributed by atoms with Crippen molar-refractivity contribution in [2.45, 2.75) is 31.6 Å². The average molecular weight is 319 g/mol. The van der Waals surface area contributed by atoms with Gasteiger partial charge in [-0.3, -0.25) is 4.90 Å². The molecule has 1 aliphatic carbocycles. The van der Waals surface area contributed by atoms with Crippen LogP contribution in [0.2, 0.25) is 0 Å². The van der Waals surface area contributed by atoms with Crippen LogP contribution in [0.5, 0.6) is 0 Å². The number of hydrogen-bond donors (Lipinski definition) is 1. The van der Waals surface area contributed by atoms with Gasteiger partial charge in [0, 0.05) is 6.54 Å². The van der Waals surface area contributed by atoms with Crippen LogP contribution in [0.3, 0.4) is 0 Å². The van der Waals surface area contributed by atoms with Gasteiger partial charge in [0.05, 0.1) is 13.2 Å². The molecule has 4 atom stereocenters. The number of carbonyl (C=O) groups is 2. The van der Waals surface area contributed by atoms with Gasteiger partial charge in [0.1, 0.15) is 12.6 Å². The second-order valence-electron chi connectivity index (χ2n) is 6.21. The Morgan fingerprint density at radius 1 is 1.26 bits per heavy atom. The third-order valence-electron chi connectivity index (χ3n) is 4.78. The summed E-state index contributed by atoms with van der Waals surface area (Å²) < 4.78 is 10.2. The Bertz CT molecular complexity index is 576. The van der Waals surface area contributed by atoms with Crippen LogP contribution >= 0.6 is 0 Å². The van der Waals surface area contributed by atoms with Crippen LogP contribution in [0.25, 0.3) is 0 Å². The Labute approximate surface area is 135 Å². The zero-order valence-electron chi connectivity index (χ0n) is 13.1. The molecule has 0 spiro atoms. The van der Waals surface area contributed by atoms with Crippen molar-refractivity contribution in [3.05, 3.63) is 35.9 Å². The number of methoxy groups -OCH3 is 1. The lowest BCUT2D eigenvalue weighted by Gasteiger charge is -2.25. The first-order valence-electron chi connectivity index (χ1n) is 7.83. The number of ether oxygens (including phenoxy) is 2. The Kier molecular flexibility index (Phi) is 4.52. The summed E-state index contributed by atoms with van der Waals surface area (Å²) in [6, 6.07) is 8.74. The van der Waals surface area contributed by atoms with Gasteiger partial charge in [-0.1, -0.05) is 30.3 Å². The molecule has 0 aromatic heterocycles. The van der Waals surface area contributed by atoms with E-state index in [0.29, 0.717) is 19.4 Å². The molecule has 3 rings (SSSR count). The maximum absolute atomic E-state index is 12.4. The normalized spacial score (nSPS) is 29.2. The number of aliphatic hydroxyl groups excluding tert-OH is 1. The van der Waals surface area contributed by atoms with Crippen molar-refractivity contribution < 1.29 is 24.2 Å². The Balaban J connectivity index is 1.68. The van der Waals surface area contributed by atoms with Gasteiger partial charge in [0.2, 0.25) is 0 Å². The summed E-state index contributed by atoms with van der Waals surface area (Å²) in [6.45, 7) is 0.594. The number of benzene rings is 1. The molecule has 6 heteroatoms. The highest BCUT2D eigenvalue weighted by Gasteiger charge is 2.52. The molecule has 0 unspecified atom stereocenters. The van der Waals surface area contributed by atoms with Crippen molar-refractivity contribution in [2.75, 3.05) is 13.7 Å². The van der Waals surface area contributed by atoms with E-state index in [1.807, 2.05) is 30.3 Å². The van der Waals surface area contributed by atoms with Gasteiger partial charge in [-0.05, 0) is 30.2 Å². The number of rotatable bonds is 3. The molecule has 1 aliphatic heterocycles. The Morgan fingerprint density at radius 3 is 2.70 bits per heavy atom. The first-order valence-corrected chi connectivity index (χ1v) is 7.83. The zero-order chi connectivity index (χ0) is 16.4. The number of amides is 1.